The fourth-order valence-electron chi connectivity index (χ4n) is 4.13. The number of amides is 1. The molecule has 1 amide bonds. The lowest BCUT2D eigenvalue weighted by Crippen LogP contribution is -2.29. The summed E-state index contributed by atoms with van der Waals surface area (Å²) in [6.45, 7) is 0.725. The average molecular weight is 497 g/mol. The monoisotopic (exact) mass is 496 g/mol. The Morgan fingerprint density at radius 3 is 2.63 bits per heavy atom. The fraction of sp³-hybridized carbons (Fsp3) is 0.269. The highest BCUT2D eigenvalue weighted by atomic mass is 32.2. The first kappa shape index (κ1) is 24.6. The van der Waals surface area contributed by atoms with Crippen molar-refractivity contribution in [3.8, 4) is 11.5 Å². The third-order valence-electron chi connectivity index (χ3n) is 5.96. The number of methoxy groups -OCH3 is 2. The molecule has 2 aromatic carbocycles. The van der Waals surface area contributed by atoms with E-state index in [1.807, 2.05) is 23.1 Å². The molecule has 0 saturated carbocycles. The summed E-state index contributed by atoms with van der Waals surface area (Å²) in [5, 5.41) is 0. The molecule has 0 radical (unpaired) electrons. The molecule has 184 valence electrons. The molecule has 2 heterocycles. The van der Waals surface area contributed by atoms with Crippen LogP contribution in [0.5, 0.6) is 11.5 Å². The van der Waals surface area contributed by atoms with Gasteiger partial charge in [0.1, 0.15) is 17.3 Å². The molecular weight excluding hydrogens is 468 g/mol. The number of ether oxygens (including phenoxy) is 2. The van der Waals surface area contributed by atoms with Gasteiger partial charge in [-0.15, -0.1) is 0 Å². The Balaban J connectivity index is 1.42. The minimum atomic E-state index is -3.68. The number of rotatable bonds is 9. The summed E-state index contributed by atoms with van der Waals surface area (Å²) < 4.78 is 43.5. The third-order valence-corrected chi connectivity index (χ3v) is 7.38. The zero-order chi connectivity index (χ0) is 24.8. The van der Waals surface area contributed by atoms with Crippen LogP contribution in [0.1, 0.15) is 35.8 Å². The van der Waals surface area contributed by atoms with Crippen LogP contribution < -0.4 is 14.2 Å². The number of carbonyl (C=O) groups is 1. The Kier molecular flexibility index (Phi) is 7.57. The summed E-state index contributed by atoms with van der Waals surface area (Å²) in [4.78, 5) is 15.0. The van der Waals surface area contributed by atoms with Gasteiger partial charge in [0, 0.05) is 24.3 Å². The number of benzene rings is 2. The van der Waals surface area contributed by atoms with Gasteiger partial charge < -0.3 is 18.8 Å². The minimum absolute atomic E-state index is 0.0709. The maximum absolute atomic E-state index is 13.0. The lowest BCUT2D eigenvalue weighted by atomic mass is 10.0. The van der Waals surface area contributed by atoms with Crippen LogP contribution in [0.25, 0.3) is 6.08 Å². The Labute approximate surface area is 205 Å². The number of nitrogens with zero attached hydrogens (tertiary/aromatic N) is 1. The van der Waals surface area contributed by atoms with E-state index in [4.69, 9.17) is 13.9 Å². The molecule has 1 fully saturated rings. The predicted octanol–water partition coefficient (Wildman–Crippen LogP) is 4.15. The van der Waals surface area contributed by atoms with Crippen LogP contribution >= 0.6 is 0 Å². The standard InChI is InChI=1S/C26H28N2O6S/c1-32-20-10-13-23(25(17-20)33-2)24-6-3-15-28(24)26(29)14-9-19-7-11-22(12-8-19)35(30,31)27-18-21-5-4-16-34-21/h4-5,7-14,16-17,24,27H,3,6,15,18H2,1-2H3/b14-9+/t24-/m0/s1. The highest BCUT2D eigenvalue weighted by molar-refractivity contribution is 7.89. The van der Waals surface area contributed by atoms with Gasteiger partial charge in [-0.1, -0.05) is 12.1 Å². The van der Waals surface area contributed by atoms with Crippen LogP contribution in [0.2, 0.25) is 0 Å². The lowest BCUT2D eigenvalue weighted by Gasteiger charge is -2.25. The van der Waals surface area contributed by atoms with E-state index in [9.17, 15) is 13.2 Å². The van der Waals surface area contributed by atoms with Crippen molar-refractivity contribution < 1.29 is 27.1 Å². The number of likely N-dealkylation sites (tertiary alicyclic amines) is 1. The van der Waals surface area contributed by atoms with Crippen LogP contribution in [-0.2, 0) is 21.4 Å². The molecule has 8 nitrogen and oxygen atoms in total. The molecule has 1 aliphatic heterocycles. The van der Waals surface area contributed by atoms with Crippen LogP contribution in [0, 0.1) is 0 Å². The first-order valence-electron chi connectivity index (χ1n) is 11.2. The summed E-state index contributed by atoms with van der Waals surface area (Å²) in [7, 11) is -0.469. The van der Waals surface area contributed by atoms with Gasteiger partial charge in [-0.3, -0.25) is 4.79 Å². The van der Waals surface area contributed by atoms with E-state index in [1.165, 1.54) is 24.5 Å². The van der Waals surface area contributed by atoms with E-state index in [0.29, 0.717) is 23.8 Å². The number of sulfonamides is 1. The minimum Gasteiger partial charge on any atom is -0.497 e. The summed E-state index contributed by atoms with van der Waals surface area (Å²) in [6.07, 6.45) is 6.45. The molecule has 1 saturated heterocycles. The molecule has 35 heavy (non-hydrogen) atoms. The number of nitrogens with one attached hydrogen (secondary N) is 1. The van der Waals surface area contributed by atoms with Crippen LogP contribution in [0.15, 0.2) is 76.2 Å². The molecular formula is C26H28N2O6S. The summed E-state index contributed by atoms with van der Waals surface area (Å²) in [6, 6.07) is 15.3. The van der Waals surface area contributed by atoms with Crippen molar-refractivity contribution in [1.29, 1.82) is 0 Å². The molecule has 9 heteroatoms. The zero-order valence-corrected chi connectivity index (χ0v) is 20.5. The molecule has 1 aliphatic rings. The van der Waals surface area contributed by atoms with Crippen molar-refractivity contribution in [2.45, 2.75) is 30.3 Å². The second kappa shape index (κ2) is 10.8. The zero-order valence-electron chi connectivity index (χ0n) is 19.6. The lowest BCUT2D eigenvalue weighted by molar-refractivity contribution is -0.126. The topological polar surface area (TPSA) is 98.1 Å². The van der Waals surface area contributed by atoms with Crippen LogP contribution in [0.4, 0.5) is 0 Å². The van der Waals surface area contributed by atoms with Gasteiger partial charge in [0.2, 0.25) is 15.9 Å². The molecule has 0 spiro atoms. The fourth-order valence-corrected chi connectivity index (χ4v) is 5.12. The van der Waals surface area contributed by atoms with Crippen molar-refractivity contribution in [1.82, 2.24) is 9.62 Å². The van der Waals surface area contributed by atoms with Gasteiger partial charge >= 0.3 is 0 Å². The first-order valence-corrected chi connectivity index (χ1v) is 12.7. The molecule has 1 aromatic heterocycles. The van der Waals surface area contributed by atoms with Crippen molar-refractivity contribution in [2.24, 2.45) is 0 Å². The Morgan fingerprint density at radius 1 is 1.14 bits per heavy atom. The molecule has 1 atom stereocenters. The van der Waals surface area contributed by atoms with Gasteiger partial charge in [0.15, 0.2) is 0 Å². The van der Waals surface area contributed by atoms with Crippen molar-refractivity contribution in [2.75, 3.05) is 20.8 Å². The van der Waals surface area contributed by atoms with E-state index in [2.05, 4.69) is 4.72 Å². The molecule has 3 aromatic rings. The van der Waals surface area contributed by atoms with Gasteiger partial charge in [0.25, 0.3) is 0 Å². The predicted molar refractivity (Wildman–Crippen MR) is 131 cm³/mol. The van der Waals surface area contributed by atoms with E-state index >= 15 is 0 Å². The second-order valence-electron chi connectivity index (χ2n) is 8.10. The van der Waals surface area contributed by atoms with Gasteiger partial charge in [0.05, 0.1) is 38.0 Å². The third kappa shape index (κ3) is 5.75. The molecule has 1 N–H and O–H groups in total. The maximum atomic E-state index is 13.0. The normalized spacial score (nSPS) is 16.1. The second-order valence-corrected chi connectivity index (χ2v) is 9.87. The highest BCUT2D eigenvalue weighted by Crippen LogP contribution is 2.38. The van der Waals surface area contributed by atoms with E-state index in [0.717, 1.165) is 24.0 Å². The quantitative estimate of drug-likeness (QED) is 0.447. The Morgan fingerprint density at radius 2 is 1.94 bits per heavy atom. The van der Waals surface area contributed by atoms with E-state index < -0.39 is 10.0 Å². The molecule has 0 aliphatic carbocycles. The van der Waals surface area contributed by atoms with Gasteiger partial charge in [-0.2, -0.15) is 0 Å². The molecule has 0 bridgehead atoms. The number of hydrogen-bond donors (Lipinski definition) is 1. The maximum Gasteiger partial charge on any atom is 0.247 e. The van der Waals surface area contributed by atoms with Crippen LogP contribution in [0.3, 0.4) is 0 Å². The highest BCUT2D eigenvalue weighted by Gasteiger charge is 2.31. The van der Waals surface area contributed by atoms with Crippen molar-refractivity contribution in [3.05, 3.63) is 83.8 Å². The van der Waals surface area contributed by atoms with Gasteiger partial charge in [-0.05, 0) is 60.9 Å². The summed E-state index contributed by atoms with van der Waals surface area (Å²) in [5.74, 6) is 1.81. The first-order chi connectivity index (χ1) is 16.9. The van der Waals surface area contributed by atoms with E-state index in [-0.39, 0.29) is 23.4 Å². The van der Waals surface area contributed by atoms with Crippen molar-refractivity contribution >= 4 is 22.0 Å². The SMILES string of the molecule is COc1ccc([C@@H]2CCCN2C(=O)/C=C/c2ccc(S(=O)(=O)NCc3ccco3)cc2)c(OC)c1. The van der Waals surface area contributed by atoms with E-state index in [1.54, 1.807) is 44.6 Å². The summed E-state index contributed by atoms with van der Waals surface area (Å²) >= 11 is 0. The largest absolute Gasteiger partial charge is 0.497 e. The molecule has 4 rings (SSSR count). The number of furan rings is 1. The number of hydrogen-bond acceptors (Lipinski definition) is 6. The summed E-state index contributed by atoms with van der Waals surface area (Å²) in [5.41, 5.74) is 1.67. The average Bonchev–Trinajstić information content (AvgIpc) is 3.58. The smallest absolute Gasteiger partial charge is 0.247 e. The number of carbonyl (C=O) groups excluding carboxylic acids is 1. The molecule has 0 unspecified atom stereocenters. The van der Waals surface area contributed by atoms with Gasteiger partial charge in [-0.25, -0.2) is 13.1 Å². The Hall–Kier alpha value is -3.56. The van der Waals surface area contributed by atoms with Crippen molar-refractivity contribution in [3.63, 3.8) is 0 Å². The van der Waals surface area contributed by atoms with Crippen LogP contribution in [-0.4, -0.2) is 40.0 Å². The Bertz CT molecular complexity index is 1280.